The summed E-state index contributed by atoms with van der Waals surface area (Å²) in [6, 6.07) is 3.81. The molecule has 1 saturated heterocycles. The number of nitro groups is 1. The molecule has 1 aromatic carbocycles. The summed E-state index contributed by atoms with van der Waals surface area (Å²) >= 11 is 0. The molecule has 21 heavy (non-hydrogen) atoms. The lowest BCUT2D eigenvalue weighted by Crippen LogP contribution is -2.40. The first kappa shape index (κ1) is 15.7. The molecule has 0 unspecified atom stereocenters. The van der Waals surface area contributed by atoms with E-state index in [0.717, 1.165) is 6.07 Å². The van der Waals surface area contributed by atoms with E-state index in [1.165, 1.54) is 16.4 Å². The largest absolute Gasteiger partial charge is 0.384 e. The van der Waals surface area contributed by atoms with Crippen LogP contribution in [0.1, 0.15) is 6.92 Å². The van der Waals surface area contributed by atoms with E-state index in [2.05, 4.69) is 5.32 Å². The molecule has 8 nitrogen and oxygen atoms in total. The number of non-ortho nitro benzene ring substituents is 1. The Morgan fingerprint density at radius 2 is 2.05 bits per heavy atom. The van der Waals surface area contributed by atoms with E-state index in [1.54, 1.807) is 0 Å². The quantitative estimate of drug-likeness (QED) is 0.643. The molecule has 0 bridgehead atoms. The highest BCUT2D eigenvalue weighted by Crippen LogP contribution is 2.29. The van der Waals surface area contributed by atoms with Crippen molar-refractivity contribution in [2.75, 3.05) is 38.2 Å². The first-order chi connectivity index (χ1) is 9.96. The molecule has 0 aromatic heterocycles. The van der Waals surface area contributed by atoms with Crippen molar-refractivity contribution in [1.82, 2.24) is 4.31 Å². The molecule has 1 heterocycles. The lowest BCUT2D eigenvalue weighted by atomic mass is 10.3. The smallest absolute Gasteiger partial charge is 0.270 e. The molecule has 0 radical (unpaired) electrons. The lowest BCUT2D eigenvalue weighted by molar-refractivity contribution is -0.385. The second kappa shape index (κ2) is 6.37. The maximum atomic E-state index is 12.7. The number of ether oxygens (including phenoxy) is 1. The topological polar surface area (TPSA) is 102 Å². The van der Waals surface area contributed by atoms with Crippen LogP contribution in [0.2, 0.25) is 0 Å². The number of rotatable bonds is 5. The zero-order valence-electron chi connectivity index (χ0n) is 11.6. The van der Waals surface area contributed by atoms with E-state index >= 15 is 0 Å². The van der Waals surface area contributed by atoms with Gasteiger partial charge in [0.05, 0.1) is 23.8 Å². The zero-order valence-corrected chi connectivity index (χ0v) is 12.4. The fraction of sp³-hybridized carbons (Fsp3) is 0.500. The van der Waals surface area contributed by atoms with Crippen LogP contribution >= 0.6 is 0 Å². The summed E-state index contributed by atoms with van der Waals surface area (Å²) in [5.41, 5.74) is 0.123. The van der Waals surface area contributed by atoms with Crippen molar-refractivity contribution in [3.63, 3.8) is 0 Å². The SMILES string of the molecule is CCNc1ccc([N+](=O)[O-])cc1S(=O)(=O)N1CCOCC1. The number of benzene rings is 1. The van der Waals surface area contributed by atoms with Crippen molar-refractivity contribution in [1.29, 1.82) is 0 Å². The number of sulfonamides is 1. The Bertz CT molecular complexity index is 626. The van der Waals surface area contributed by atoms with Gasteiger partial charge in [-0.2, -0.15) is 4.31 Å². The van der Waals surface area contributed by atoms with E-state index in [9.17, 15) is 18.5 Å². The van der Waals surface area contributed by atoms with E-state index in [-0.39, 0.29) is 23.7 Å². The minimum atomic E-state index is -3.78. The molecule has 1 aliphatic rings. The number of nitro benzene ring substituents is 1. The molecule has 0 aliphatic carbocycles. The predicted octanol–water partition coefficient (Wildman–Crippen LogP) is 1.05. The van der Waals surface area contributed by atoms with Crippen molar-refractivity contribution in [2.45, 2.75) is 11.8 Å². The summed E-state index contributed by atoms with van der Waals surface area (Å²) in [6.07, 6.45) is 0. The Morgan fingerprint density at radius 1 is 1.38 bits per heavy atom. The van der Waals surface area contributed by atoms with Crippen LogP contribution in [0.3, 0.4) is 0 Å². The number of morpholine rings is 1. The normalized spacial score (nSPS) is 16.6. The fourth-order valence-corrected chi connectivity index (χ4v) is 3.70. The average Bonchev–Trinajstić information content (AvgIpc) is 2.48. The molecule has 0 saturated carbocycles. The summed E-state index contributed by atoms with van der Waals surface area (Å²) in [6.45, 7) is 3.48. The Morgan fingerprint density at radius 3 is 2.62 bits per heavy atom. The van der Waals surface area contributed by atoms with Crippen molar-refractivity contribution >= 4 is 21.4 Å². The monoisotopic (exact) mass is 315 g/mol. The van der Waals surface area contributed by atoms with Crippen LogP contribution in [-0.2, 0) is 14.8 Å². The van der Waals surface area contributed by atoms with Gasteiger partial charge in [-0.25, -0.2) is 8.42 Å². The molecule has 0 amide bonds. The molecule has 0 atom stereocenters. The Labute approximate surface area is 122 Å². The highest BCUT2D eigenvalue weighted by molar-refractivity contribution is 7.89. The molecule has 1 fully saturated rings. The van der Waals surface area contributed by atoms with E-state index < -0.39 is 14.9 Å². The molecule has 0 spiro atoms. The summed E-state index contributed by atoms with van der Waals surface area (Å²) < 4.78 is 31.8. The molecular formula is C12H17N3O5S. The van der Waals surface area contributed by atoms with Gasteiger partial charge in [0.25, 0.3) is 5.69 Å². The van der Waals surface area contributed by atoms with Gasteiger partial charge >= 0.3 is 0 Å². The highest BCUT2D eigenvalue weighted by atomic mass is 32.2. The molecule has 9 heteroatoms. The molecule has 116 valence electrons. The third-order valence-electron chi connectivity index (χ3n) is 3.13. The van der Waals surface area contributed by atoms with Gasteiger partial charge in [-0.15, -0.1) is 0 Å². The number of hydrogen-bond acceptors (Lipinski definition) is 6. The van der Waals surface area contributed by atoms with Gasteiger partial charge in [0.2, 0.25) is 10.0 Å². The molecule has 2 rings (SSSR count). The van der Waals surface area contributed by atoms with Crippen LogP contribution in [0.5, 0.6) is 0 Å². The van der Waals surface area contributed by atoms with Gasteiger partial charge in [-0.3, -0.25) is 10.1 Å². The molecular weight excluding hydrogens is 298 g/mol. The molecule has 1 aromatic rings. The first-order valence-electron chi connectivity index (χ1n) is 6.57. The van der Waals surface area contributed by atoms with Gasteiger partial charge in [0.15, 0.2) is 0 Å². The van der Waals surface area contributed by atoms with Crippen molar-refractivity contribution in [3.8, 4) is 0 Å². The van der Waals surface area contributed by atoms with Crippen LogP contribution in [-0.4, -0.2) is 50.5 Å². The van der Waals surface area contributed by atoms with Gasteiger partial charge in [0, 0.05) is 31.8 Å². The zero-order chi connectivity index (χ0) is 15.5. The maximum absolute atomic E-state index is 12.7. The number of nitrogens with one attached hydrogen (secondary N) is 1. The van der Waals surface area contributed by atoms with Gasteiger partial charge < -0.3 is 10.1 Å². The van der Waals surface area contributed by atoms with Crippen LogP contribution < -0.4 is 5.32 Å². The van der Waals surface area contributed by atoms with Crippen LogP contribution in [0.25, 0.3) is 0 Å². The summed E-state index contributed by atoms with van der Waals surface area (Å²) in [5, 5.41) is 13.8. The van der Waals surface area contributed by atoms with E-state index in [4.69, 9.17) is 4.74 Å². The van der Waals surface area contributed by atoms with Crippen molar-refractivity contribution in [2.24, 2.45) is 0 Å². The second-order valence-electron chi connectivity index (χ2n) is 4.48. The van der Waals surface area contributed by atoms with Crippen LogP contribution in [0.15, 0.2) is 23.1 Å². The van der Waals surface area contributed by atoms with Gasteiger partial charge in [-0.05, 0) is 13.0 Å². The Hall–Kier alpha value is -1.71. The first-order valence-corrected chi connectivity index (χ1v) is 8.01. The maximum Gasteiger partial charge on any atom is 0.270 e. The minimum absolute atomic E-state index is 0.0690. The minimum Gasteiger partial charge on any atom is -0.384 e. The number of hydrogen-bond donors (Lipinski definition) is 1. The lowest BCUT2D eigenvalue weighted by Gasteiger charge is -2.26. The summed E-state index contributed by atoms with van der Waals surface area (Å²) in [7, 11) is -3.78. The third-order valence-corrected chi connectivity index (χ3v) is 5.07. The van der Waals surface area contributed by atoms with Crippen LogP contribution in [0, 0.1) is 10.1 Å². The third kappa shape index (κ3) is 3.31. The second-order valence-corrected chi connectivity index (χ2v) is 6.39. The average molecular weight is 315 g/mol. The molecule has 1 N–H and O–H groups in total. The van der Waals surface area contributed by atoms with Crippen LogP contribution in [0.4, 0.5) is 11.4 Å². The van der Waals surface area contributed by atoms with Gasteiger partial charge in [0.1, 0.15) is 4.90 Å². The van der Waals surface area contributed by atoms with Gasteiger partial charge in [-0.1, -0.05) is 0 Å². The van der Waals surface area contributed by atoms with E-state index in [0.29, 0.717) is 25.4 Å². The Kier molecular flexibility index (Phi) is 4.76. The van der Waals surface area contributed by atoms with Crippen molar-refractivity contribution < 1.29 is 18.1 Å². The summed E-state index contributed by atoms with van der Waals surface area (Å²) in [5.74, 6) is 0. The molecule has 1 aliphatic heterocycles. The van der Waals surface area contributed by atoms with E-state index in [1.807, 2.05) is 6.92 Å². The van der Waals surface area contributed by atoms with Crippen molar-refractivity contribution in [3.05, 3.63) is 28.3 Å². The highest BCUT2D eigenvalue weighted by Gasteiger charge is 2.30. The Balaban J connectivity index is 2.47. The number of nitrogens with zero attached hydrogens (tertiary/aromatic N) is 2. The summed E-state index contributed by atoms with van der Waals surface area (Å²) in [4.78, 5) is 10.2. The number of anilines is 1. The predicted molar refractivity (Wildman–Crippen MR) is 76.8 cm³/mol. The standard InChI is InChI=1S/C12H17N3O5S/c1-2-13-11-4-3-10(15(16)17)9-12(11)21(18,19)14-5-7-20-8-6-14/h3-4,9,13H,2,5-8H2,1H3. The fourth-order valence-electron chi connectivity index (χ4n) is 2.10.